The van der Waals surface area contributed by atoms with Crippen molar-refractivity contribution in [2.75, 3.05) is 12.3 Å². The predicted molar refractivity (Wildman–Crippen MR) is 87.4 cm³/mol. The molecular weight excluding hydrogens is 390 g/mol. The maximum Gasteiger partial charge on any atom is 0.252 e. The summed E-state index contributed by atoms with van der Waals surface area (Å²) in [6.07, 6.45) is -0.779. The summed E-state index contributed by atoms with van der Waals surface area (Å²) in [5.74, 6) is -0.476. The number of hydrogen-bond acceptors (Lipinski definition) is 8. The molecule has 0 aliphatic carbocycles. The lowest BCUT2D eigenvalue weighted by molar-refractivity contribution is -0.0445. The minimum absolute atomic E-state index is 0. The second kappa shape index (κ2) is 5.60. The van der Waals surface area contributed by atoms with E-state index in [0.717, 1.165) is 0 Å². The molecule has 0 unspecified atom stereocenters. The molecule has 2 aliphatic heterocycles. The highest BCUT2D eigenvalue weighted by molar-refractivity contribution is 8.93. The van der Waals surface area contributed by atoms with Crippen LogP contribution in [-0.2, 0) is 4.74 Å². The zero-order valence-corrected chi connectivity index (χ0v) is 14.1. The third-order valence-corrected chi connectivity index (χ3v) is 5.42. The number of primary amides is 1. The third-order valence-electron chi connectivity index (χ3n) is 4.01. The van der Waals surface area contributed by atoms with Gasteiger partial charge in [-0.1, -0.05) is 11.8 Å². The van der Waals surface area contributed by atoms with Gasteiger partial charge in [0.25, 0.3) is 5.91 Å². The molecule has 2 aromatic heterocycles. The molecule has 1 amide bonds. The van der Waals surface area contributed by atoms with Gasteiger partial charge in [-0.25, -0.2) is 9.97 Å². The van der Waals surface area contributed by atoms with E-state index < -0.39 is 24.3 Å². The molecule has 0 saturated carbocycles. The zero-order chi connectivity index (χ0) is 15.6. The molecule has 9 nitrogen and oxygen atoms in total. The van der Waals surface area contributed by atoms with Crippen LogP contribution < -0.4 is 11.5 Å². The Balaban J connectivity index is 0.00000156. The number of carbonyl (C=O) groups excluding carboxylic acids is 1. The Morgan fingerprint density at radius 2 is 2.22 bits per heavy atom. The lowest BCUT2D eigenvalue weighted by Gasteiger charge is -2.13. The number of hydrogen-bond donors (Lipinski definition) is 4. The molecule has 1 saturated heterocycles. The molecule has 1 fully saturated rings. The van der Waals surface area contributed by atoms with Crippen LogP contribution in [0, 0.1) is 0 Å². The van der Waals surface area contributed by atoms with Crippen molar-refractivity contribution >= 4 is 51.5 Å². The topological polar surface area (TPSA) is 150 Å². The van der Waals surface area contributed by atoms with Gasteiger partial charge in [0.2, 0.25) is 0 Å². The SMILES string of the molecule is Br.NC(=O)c1c2n(c3ncnc(N)c13)[C@@H]1O[C@@H](CO)[C@H](O)[C@@H]1S2. The molecule has 4 heterocycles. The van der Waals surface area contributed by atoms with Gasteiger partial charge >= 0.3 is 0 Å². The van der Waals surface area contributed by atoms with E-state index in [-0.39, 0.29) is 40.2 Å². The maximum atomic E-state index is 11.9. The summed E-state index contributed by atoms with van der Waals surface area (Å²) < 4.78 is 7.40. The Labute approximate surface area is 144 Å². The summed E-state index contributed by atoms with van der Waals surface area (Å²) >= 11 is 1.28. The van der Waals surface area contributed by atoms with E-state index in [2.05, 4.69) is 9.97 Å². The van der Waals surface area contributed by atoms with Crippen molar-refractivity contribution in [3.63, 3.8) is 0 Å². The normalized spacial score (nSPS) is 28.4. The van der Waals surface area contributed by atoms with Crippen LogP contribution >= 0.6 is 28.7 Å². The number of halogens is 1. The number of nitrogens with zero attached hydrogens (tertiary/aromatic N) is 3. The van der Waals surface area contributed by atoms with E-state index in [4.69, 9.17) is 16.2 Å². The molecule has 0 aromatic carbocycles. The minimum Gasteiger partial charge on any atom is -0.394 e. The van der Waals surface area contributed by atoms with Crippen molar-refractivity contribution < 1.29 is 19.7 Å². The number of fused-ring (bicyclic) bond motifs is 5. The van der Waals surface area contributed by atoms with Gasteiger partial charge in [-0.15, -0.1) is 17.0 Å². The molecule has 6 N–H and O–H groups in total. The summed E-state index contributed by atoms with van der Waals surface area (Å²) in [5.41, 5.74) is 12.0. The lowest BCUT2D eigenvalue weighted by Crippen LogP contribution is -2.30. The third kappa shape index (κ3) is 2.08. The van der Waals surface area contributed by atoms with Crippen molar-refractivity contribution in [1.29, 1.82) is 0 Å². The quantitative estimate of drug-likeness (QED) is 0.519. The Hall–Kier alpha value is -1.40. The minimum atomic E-state index is -0.852. The van der Waals surface area contributed by atoms with Gasteiger partial charge < -0.3 is 26.4 Å². The first-order valence-corrected chi connectivity index (χ1v) is 7.47. The molecule has 2 aromatic rings. The average molecular weight is 404 g/mol. The van der Waals surface area contributed by atoms with Crippen LogP contribution in [0.1, 0.15) is 16.6 Å². The molecule has 23 heavy (non-hydrogen) atoms. The van der Waals surface area contributed by atoms with Crippen molar-refractivity contribution in [3.05, 3.63) is 11.9 Å². The van der Waals surface area contributed by atoms with E-state index in [0.29, 0.717) is 16.1 Å². The van der Waals surface area contributed by atoms with Gasteiger partial charge in [0, 0.05) is 0 Å². The number of nitrogens with two attached hydrogens (primary N) is 2. The number of aromatic nitrogens is 3. The van der Waals surface area contributed by atoms with Gasteiger partial charge in [0.1, 0.15) is 23.9 Å². The van der Waals surface area contributed by atoms with Crippen LogP contribution in [0.15, 0.2) is 11.4 Å². The summed E-state index contributed by atoms with van der Waals surface area (Å²) in [4.78, 5) is 19.9. The molecule has 0 radical (unpaired) electrons. The first-order valence-electron chi connectivity index (χ1n) is 6.59. The number of carbonyl (C=O) groups is 1. The average Bonchev–Trinajstić information content (AvgIpc) is 3.08. The van der Waals surface area contributed by atoms with Gasteiger partial charge in [-0.05, 0) is 0 Å². The van der Waals surface area contributed by atoms with Gasteiger partial charge in [-0.2, -0.15) is 0 Å². The lowest BCUT2D eigenvalue weighted by atomic mass is 10.2. The zero-order valence-electron chi connectivity index (χ0n) is 11.6. The van der Waals surface area contributed by atoms with E-state index in [1.54, 1.807) is 4.57 Å². The maximum absolute atomic E-state index is 11.9. The molecule has 0 bridgehead atoms. The molecule has 0 spiro atoms. The Bertz CT molecular complexity index is 799. The number of thioether (sulfide) groups is 1. The van der Waals surface area contributed by atoms with Crippen LogP contribution in [0.25, 0.3) is 11.0 Å². The fourth-order valence-electron chi connectivity index (χ4n) is 3.05. The number of nitrogen functional groups attached to an aromatic ring is 1. The van der Waals surface area contributed by atoms with Gasteiger partial charge in [0.05, 0.1) is 33.9 Å². The number of anilines is 1. The van der Waals surface area contributed by atoms with Gasteiger partial charge in [-0.3, -0.25) is 9.36 Å². The highest BCUT2D eigenvalue weighted by atomic mass is 79.9. The van der Waals surface area contributed by atoms with E-state index in [1.165, 1.54) is 18.1 Å². The Morgan fingerprint density at radius 3 is 2.87 bits per heavy atom. The fourth-order valence-corrected chi connectivity index (χ4v) is 4.55. The van der Waals surface area contributed by atoms with E-state index in [1.807, 2.05) is 0 Å². The Kier molecular flexibility index (Phi) is 4.01. The molecule has 4 atom stereocenters. The molecule has 11 heteroatoms. The van der Waals surface area contributed by atoms with Crippen molar-refractivity contribution in [2.45, 2.75) is 28.7 Å². The largest absolute Gasteiger partial charge is 0.394 e. The van der Waals surface area contributed by atoms with Crippen molar-refractivity contribution in [2.24, 2.45) is 5.73 Å². The number of rotatable bonds is 2. The summed E-state index contributed by atoms with van der Waals surface area (Å²) in [6.45, 7) is -0.289. The van der Waals surface area contributed by atoms with Crippen LogP contribution in [0.4, 0.5) is 5.82 Å². The van der Waals surface area contributed by atoms with Crippen molar-refractivity contribution in [3.8, 4) is 0 Å². The standard InChI is InChI=1S/C12H13N5O4S.BrH/c13-8-4-5(9(14)20)12-17(10(4)16-2-15-8)11-7(22-12)6(19)3(1-18)21-11;/h2-3,6-7,11,18-19H,1H2,(H2,14,20)(H2,13,15,16);1H/t3-,6-,7-,11+;/m0./s1. The molecule has 124 valence electrons. The second-order valence-electron chi connectivity index (χ2n) is 5.19. The van der Waals surface area contributed by atoms with Crippen molar-refractivity contribution in [1.82, 2.24) is 14.5 Å². The molecular formula is C12H14BrN5O4S. The highest BCUT2D eigenvalue weighted by Crippen LogP contribution is 2.52. The van der Waals surface area contributed by atoms with Crippen LogP contribution in [-0.4, -0.2) is 54.7 Å². The molecule has 4 rings (SSSR count). The predicted octanol–water partition coefficient (Wildman–Crippen LogP) is -0.585. The number of amides is 1. The van der Waals surface area contributed by atoms with Crippen LogP contribution in [0.5, 0.6) is 0 Å². The number of aliphatic hydroxyl groups is 2. The van der Waals surface area contributed by atoms with E-state index in [9.17, 15) is 15.0 Å². The second-order valence-corrected chi connectivity index (χ2v) is 6.36. The fraction of sp³-hybridized carbons (Fsp3) is 0.417. The number of ether oxygens (including phenoxy) is 1. The van der Waals surface area contributed by atoms with Crippen LogP contribution in [0.3, 0.4) is 0 Å². The first kappa shape index (κ1) is 16.5. The number of aliphatic hydroxyl groups excluding tert-OH is 2. The van der Waals surface area contributed by atoms with E-state index >= 15 is 0 Å². The Morgan fingerprint density at radius 1 is 1.48 bits per heavy atom. The molecule has 2 aliphatic rings. The first-order chi connectivity index (χ1) is 10.5. The highest BCUT2D eigenvalue weighted by Gasteiger charge is 2.51. The summed E-state index contributed by atoms with van der Waals surface area (Å²) in [7, 11) is 0. The smallest absolute Gasteiger partial charge is 0.252 e. The van der Waals surface area contributed by atoms with Crippen LogP contribution in [0.2, 0.25) is 0 Å². The summed E-state index contributed by atoms with van der Waals surface area (Å²) in [6, 6.07) is 0. The van der Waals surface area contributed by atoms with Gasteiger partial charge in [0.15, 0.2) is 6.23 Å². The summed E-state index contributed by atoms with van der Waals surface area (Å²) in [5, 5.41) is 20.1. The monoisotopic (exact) mass is 403 g/mol.